The first kappa shape index (κ1) is 18.9. The monoisotopic (exact) mass is 293 g/mol. The molecule has 0 heterocycles. The molecule has 0 rings (SSSR count). The zero-order valence-corrected chi connectivity index (χ0v) is 14.0. The summed E-state index contributed by atoms with van der Waals surface area (Å²) in [5.41, 5.74) is -0.561. The highest BCUT2D eigenvalue weighted by Crippen LogP contribution is 2.33. The Morgan fingerprint density at radius 1 is 1.05 bits per heavy atom. The lowest BCUT2D eigenvalue weighted by Gasteiger charge is -2.36. The van der Waals surface area contributed by atoms with Crippen LogP contribution in [0.1, 0.15) is 66.7 Å². The van der Waals surface area contributed by atoms with Gasteiger partial charge in [0.25, 0.3) is 0 Å². The Bertz CT molecular complexity index is 344. The second-order valence-corrected chi connectivity index (χ2v) is 7.82. The summed E-state index contributed by atoms with van der Waals surface area (Å²) in [5.74, 6) is 0.0154. The Morgan fingerprint density at radius 2 is 1.53 bits per heavy atom. The molecule has 0 saturated heterocycles. The summed E-state index contributed by atoms with van der Waals surface area (Å²) in [4.78, 5) is 0. The molecule has 116 valence electrons. The fourth-order valence-electron chi connectivity index (χ4n) is 2.39. The van der Waals surface area contributed by atoms with Crippen LogP contribution >= 0.6 is 0 Å². The van der Waals surface area contributed by atoms with Crippen molar-refractivity contribution < 1.29 is 13.2 Å². The number of sulfonamides is 1. The van der Waals surface area contributed by atoms with Crippen LogP contribution in [-0.2, 0) is 14.8 Å². The second kappa shape index (κ2) is 7.60. The van der Waals surface area contributed by atoms with Gasteiger partial charge in [0.2, 0.25) is 10.0 Å². The maximum atomic E-state index is 11.5. The van der Waals surface area contributed by atoms with Crippen molar-refractivity contribution in [2.75, 3.05) is 12.4 Å². The Balaban J connectivity index is 5.00. The summed E-state index contributed by atoms with van der Waals surface area (Å²) in [5, 5.41) is 5.27. The molecule has 2 N–H and O–H groups in total. The largest absolute Gasteiger partial charge is 0.375 e. The van der Waals surface area contributed by atoms with Gasteiger partial charge in [-0.15, -0.1) is 0 Å². The first-order valence-corrected chi connectivity index (χ1v) is 8.96. The molecule has 0 unspecified atom stereocenters. The average Bonchev–Trinajstić information content (AvgIpc) is 2.25. The van der Waals surface area contributed by atoms with Crippen molar-refractivity contribution in [2.24, 2.45) is 10.6 Å². The molecule has 0 aliphatic rings. The van der Waals surface area contributed by atoms with E-state index in [1.54, 1.807) is 0 Å². The number of hydrogen-bond acceptors (Lipinski definition) is 3. The van der Waals surface area contributed by atoms with Gasteiger partial charge < -0.3 is 4.74 Å². The van der Waals surface area contributed by atoms with Crippen LogP contribution in [0.2, 0.25) is 0 Å². The van der Waals surface area contributed by atoms with Crippen molar-refractivity contribution in [3.05, 3.63) is 0 Å². The van der Waals surface area contributed by atoms with E-state index in [1.165, 1.54) is 0 Å². The first-order chi connectivity index (χ1) is 8.60. The van der Waals surface area contributed by atoms with Gasteiger partial charge in [-0.2, -0.15) is 0 Å². The van der Waals surface area contributed by atoms with Gasteiger partial charge in [-0.3, -0.25) is 0 Å². The van der Waals surface area contributed by atoms with Crippen LogP contribution in [0, 0.1) is 5.41 Å². The van der Waals surface area contributed by atoms with Crippen molar-refractivity contribution in [3.8, 4) is 0 Å². The molecule has 0 saturated carbocycles. The van der Waals surface area contributed by atoms with E-state index < -0.39 is 10.0 Å². The molecule has 0 fully saturated rings. The SMILES string of the molecule is CCCC(CCC)(COC(C)(C)CC)CS(N)(=O)=O. The van der Waals surface area contributed by atoms with Crippen LogP contribution in [-0.4, -0.2) is 26.4 Å². The van der Waals surface area contributed by atoms with E-state index in [1.807, 2.05) is 13.8 Å². The van der Waals surface area contributed by atoms with Crippen molar-refractivity contribution in [1.82, 2.24) is 0 Å². The van der Waals surface area contributed by atoms with Gasteiger partial charge in [-0.1, -0.05) is 33.6 Å². The number of hydrogen-bond donors (Lipinski definition) is 1. The summed E-state index contributed by atoms with van der Waals surface area (Å²) in [6.07, 6.45) is 4.43. The molecule has 0 aliphatic carbocycles. The molecule has 0 aromatic carbocycles. The fraction of sp³-hybridized carbons (Fsp3) is 1.00. The summed E-state index contributed by atoms with van der Waals surface area (Å²) in [6, 6.07) is 0. The number of rotatable bonds is 10. The quantitative estimate of drug-likeness (QED) is 0.673. The molecule has 5 heteroatoms. The van der Waals surface area contributed by atoms with E-state index in [4.69, 9.17) is 9.88 Å². The van der Waals surface area contributed by atoms with Gasteiger partial charge in [-0.25, -0.2) is 13.6 Å². The first-order valence-electron chi connectivity index (χ1n) is 7.24. The topological polar surface area (TPSA) is 69.4 Å². The highest BCUT2D eigenvalue weighted by atomic mass is 32.2. The Labute approximate surface area is 119 Å². The lowest BCUT2D eigenvalue weighted by atomic mass is 9.81. The van der Waals surface area contributed by atoms with Gasteiger partial charge in [0.05, 0.1) is 18.0 Å². The summed E-state index contributed by atoms with van der Waals surface area (Å²) in [6.45, 7) is 10.7. The third kappa shape index (κ3) is 7.90. The lowest BCUT2D eigenvalue weighted by molar-refractivity contribution is -0.0643. The highest BCUT2D eigenvalue weighted by molar-refractivity contribution is 7.89. The third-order valence-electron chi connectivity index (χ3n) is 3.69. The van der Waals surface area contributed by atoms with E-state index >= 15 is 0 Å². The molecular formula is C14H31NO3S. The molecule has 4 nitrogen and oxygen atoms in total. The number of ether oxygens (including phenoxy) is 1. The predicted molar refractivity (Wildman–Crippen MR) is 80.5 cm³/mol. The van der Waals surface area contributed by atoms with Gasteiger partial charge in [0, 0.05) is 5.41 Å². The molecular weight excluding hydrogens is 262 g/mol. The van der Waals surface area contributed by atoms with Gasteiger partial charge in [-0.05, 0) is 33.1 Å². The Morgan fingerprint density at radius 3 is 1.84 bits per heavy atom. The maximum Gasteiger partial charge on any atom is 0.209 e. The van der Waals surface area contributed by atoms with Crippen LogP contribution in [0.5, 0.6) is 0 Å². The summed E-state index contributed by atoms with van der Waals surface area (Å²) in [7, 11) is -3.48. The van der Waals surface area contributed by atoms with Crippen LogP contribution < -0.4 is 5.14 Å². The molecule has 0 atom stereocenters. The van der Waals surface area contributed by atoms with Crippen LogP contribution in [0.25, 0.3) is 0 Å². The molecule has 0 aromatic rings. The zero-order chi connectivity index (χ0) is 15.2. The smallest absolute Gasteiger partial charge is 0.209 e. The van der Waals surface area contributed by atoms with Gasteiger partial charge in [0.15, 0.2) is 0 Å². The molecule has 0 radical (unpaired) electrons. The fourth-order valence-corrected chi connectivity index (χ4v) is 3.62. The number of primary sulfonamides is 1. The van der Waals surface area contributed by atoms with Crippen molar-refractivity contribution in [3.63, 3.8) is 0 Å². The minimum absolute atomic E-state index is 0.0154. The predicted octanol–water partition coefficient (Wildman–Crippen LogP) is 3.07. The highest BCUT2D eigenvalue weighted by Gasteiger charge is 2.35. The van der Waals surface area contributed by atoms with Crippen molar-refractivity contribution >= 4 is 10.0 Å². The van der Waals surface area contributed by atoms with Gasteiger partial charge >= 0.3 is 0 Å². The molecule has 0 spiro atoms. The van der Waals surface area contributed by atoms with E-state index in [0.717, 1.165) is 32.1 Å². The van der Waals surface area contributed by atoms with E-state index in [-0.39, 0.29) is 16.8 Å². The number of nitrogens with two attached hydrogens (primary N) is 1. The second-order valence-electron chi connectivity index (χ2n) is 6.21. The molecule has 19 heavy (non-hydrogen) atoms. The third-order valence-corrected chi connectivity index (χ3v) is 4.70. The molecule has 0 bridgehead atoms. The standard InChI is InChI=1S/C14H31NO3S/c1-6-9-14(10-7-2,12-19(15,16)17)11-18-13(4,5)8-3/h6-12H2,1-5H3,(H2,15,16,17). The molecule has 0 aromatic heterocycles. The average molecular weight is 293 g/mol. The van der Waals surface area contributed by atoms with Crippen molar-refractivity contribution in [2.45, 2.75) is 72.3 Å². The maximum absolute atomic E-state index is 11.5. The Kier molecular flexibility index (Phi) is 7.55. The minimum atomic E-state index is -3.48. The Hall–Kier alpha value is -0.130. The van der Waals surface area contributed by atoms with Gasteiger partial charge in [0.1, 0.15) is 0 Å². The molecule has 0 aliphatic heterocycles. The van der Waals surface area contributed by atoms with Crippen LogP contribution in [0.15, 0.2) is 0 Å². The van der Waals surface area contributed by atoms with Crippen LogP contribution in [0.3, 0.4) is 0 Å². The van der Waals surface area contributed by atoms with E-state index in [0.29, 0.717) is 6.61 Å². The normalized spacial score (nSPS) is 13.8. The minimum Gasteiger partial charge on any atom is -0.375 e. The summed E-state index contributed by atoms with van der Waals surface area (Å²) < 4.78 is 29.0. The lowest BCUT2D eigenvalue weighted by Crippen LogP contribution is -2.40. The van der Waals surface area contributed by atoms with E-state index in [2.05, 4.69) is 20.8 Å². The van der Waals surface area contributed by atoms with E-state index in [9.17, 15) is 8.42 Å². The summed E-state index contributed by atoms with van der Waals surface area (Å²) >= 11 is 0. The molecule has 0 amide bonds. The zero-order valence-electron chi connectivity index (χ0n) is 13.2. The van der Waals surface area contributed by atoms with Crippen LogP contribution in [0.4, 0.5) is 0 Å². The van der Waals surface area contributed by atoms with Crippen molar-refractivity contribution in [1.29, 1.82) is 0 Å².